The van der Waals surface area contributed by atoms with Crippen LogP contribution in [-0.4, -0.2) is 5.78 Å². The van der Waals surface area contributed by atoms with Gasteiger partial charge in [-0.3, -0.25) is 4.79 Å². The van der Waals surface area contributed by atoms with E-state index in [0.717, 1.165) is 12.8 Å². The normalized spacial score (nSPS) is 34.4. The van der Waals surface area contributed by atoms with Crippen molar-refractivity contribution in [2.45, 2.75) is 26.2 Å². The van der Waals surface area contributed by atoms with Gasteiger partial charge in [-0.2, -0.15) is 0 Å². The van der Waals surface area contributed by atoms with E-state index in [4.69, 9.17) is 0 Å². The summed E-state index contributed by atoms with van der Waals surface area (Å²) in [5.74, 6) is 1.67. The molecule has 0 amide bonds. The van der Waals surface area contributed by atoms with Crippen LogP contribution in [0.25, 0.3) is 0 Å². The van der Waals surface area contributed by atoms with E-state index in [1.54, 1.807) is 0 Å². The SMILES string of the molecule is CC1C=CC2=CC(=O)CCC2C1. The molecule has 0 fully saturated rings. The van der Waals surface area contributed by atoms with Crippen LogP contribution in [0.15, 0.2) is 23.8 Å². The molecule has 0 saturated carbocycles. The zero-order valence-corrected chi connectivity index (χ0v) is 7.42. The number of rotatable bonds is 0. The lowest BCUT2D eigenvalue weighted by Gasteiger charge is -2.27. The molecule has 2 aliphatic carbocycles. The van der Waals surface area contributed by atoms with Crippen molar-refractivity contribution in [1.82, 2.24) is 0 Å². The lowest BCUT2D eigenvalue weighted by Crippen LogP contribution is -2.18. The highest BCUT2D eigenvalue weighted by atomic mass is 16.1. The zero-order valence-electron chi connectivity index (χ0n) is 7.42. The number of carbonyl (C=O) groups is 1. The Morgan fingerprint density at radius 1 is 1.50 bits per heavy atom. The van der Waals surface area contributed by atoms with E-state index in [2.05, 4.69) is 19.1 Å². The number of carbonyl (C=O) groups excluding carboxylic acids is 1. The third-order valence-electron chi connectivity index (χ3n) is 2.81. The molecule has 0 radical (unpaired) electrons. The minimum absolute atomic E-state index is 0.306. The molecule has 0 spiro atoms. The van der Waals surface area contributed by atoms with Gasteiger partial charge in [0, 0.05) is 6.42 Å². The minimum atomic E-state index is 0.306. The topological polar surface area (TPSA) is 17.1 Å². The van der Waals surface area contributed by atoms with Crippen LogP contribution in [0.1, 0.15) is 26.2 Å². The van der Waals surface area contributed by atoms with E-state index in [1.165, 1.54) is 12.0 Å². The Morgan fingerprint density at radius 3 is 3.17 bits per heavy atom. The molecule has 0 saturated heterocycles. The first-order chi connectivity index (χ1) is 5.75. The second-order valence-electron chi connectivity index (χ2n) is 3.92. The third-order valence-corrected chi connectivity index (χ3v) is 2.81. The van der Waals surface area contributed by atoms with Crippen LogP contribution in [-0.2, 0) is 4.79 Å². The van der Waals surface area contributed by atoms with Crippen LogP contribution < -0.4 is 0 Å². The van der Waals surface area contributed by atoms with E-state index in [-0.39, 0.29) is 0 Å². The highest BCUT2D eigenvalue weighted by Gasteiger charge is 2.23. The first-order valence-electron chi connectivity index (χ1n) is 4.68. The molecule has 0 aliphatic heterocycles. The van der Waals surface area contributed by atoms with Gasteiger partial charge < -0.3 is 0 Å². The van der Waals surface area contributed by atoms with Crippen molar-refractivity contribution >= 4 is 5.78 Å². The van der Waals surface area contributed by atoms with Gasteiger partial charge in [-0.05, 0) is 36.3 Å². The molecule has 0 N–H and O–H groups in total. The van der Waals surface area contributed by atoms with Crippen molar-refractivity contribution < 1.29 is 4.79 Å². The maximum absolute atomic E-state index is 11.1. The molecule has 0 aromatic heterocycles. The predicted octanol–water partition coefficient (Wildman–Crippen LogP) is 2.49. The van der Waals surface area contributed by atoms with Gasteiger partial charge in [0.1, 0.15) is 0 Å². The first-order valence-corrected chi connectivity index (χ1v) is 4.68. The fraction of sp³-hybridized carbons (Fsp3) is 0.545. The van der Waals surface area contributed by atoms with Crippen molar-refractivity contribution in [3.63, 3.8) is 0 Å². The van der Waals surface area contributed by atoms with Crippen LogP contribution in [0.4, 0.5) is 0 Å². The second-order valence-corrected chi connectivity index (χ2v) is 3.92. The molecule has 64 valence electrons. The van der Waals surface area contributed by atoms with Crippen molar-refractivity contribution in [3.05, 3.63) is 23.8 Å². The van der Waals surface area contributed by atoms with E-state index in [9.17, 15) is 4.79 Å². The van der Waals surface area contributed by atoms with Gasteiger partial charge in [-0.25, -0.2) is 0 Å². The summed E-state index contributed by atoms with van der Waals surface area (Å²) in [6.07, 6.45) is 9.23. The number of fused-ring (bicyclic) bond motifs is 1. The summed E-state index contributed by atoms with van der Waals surface area (Å²) in [5.41, 5.74) is 1.27. The monoisotopic (exact) mass is 162 g/mol. The fourth-order valence-electron chi connectivity index (χ4n) is 2.10. The second kappa shape index (κ2) is 2.89. The molecule has 12 heavy (non-hydrogen) atoms. The lowest BCUT2D eigenvalue weighted by molar-refractivity contribution is -0.115. The van der Waals surface area contributed by atoms with Gasteiger partial charge in [0.05, 0.1) is 0 Å². The summed E-state index contributed by atoms with van der Waals surface area (Å²) in [6.45, 7) is 2.24. The number of hydrogen-bond acceptors (Lipinski definition) is 1. The molecule has 0 aromatic rings. The minimum Gasteiger partial charge on any atom is -0.295 e. The molecule has 2 rings (SSSR count). The molecule has 0 aromatic carbocycles. The number of allylic oxidation sites excluding steroid dienone is 4. The zero-order chi connectivity index (χ0) is 8.55. The standard InChI is InChI=1S/C11H14O/c1-8-2-3-10-7-11(12)5-4-9(10)6-8/h2-3,7-9H,4-6H2,1H3. The van der Waals surface area contributed by atoms with Crippen LogP contribution in [0.5, 0.6) is 0 Å². The Kier molecular flexibility index (Phi) is 1.87. The Hall–Kier alpha value is -0.850. The Labute approximate surface area is 73.2 Å². The third kappa shape index (κ3) is 1.36. The lowest BCUT2D eigenvalue weighted by atomic mass is 9.77. The average Bonchev–Trinajstić information content (AvgIpc) is 2.05. The molecule has 0 heterocycles. The van der Waals surface area contributed by atoms with Crippen molar-refractivity contribution in [2.75, 3.05) is 0 Å². The summed E-state index contributed by atoms with van der Waals surface area (Å²) in [7, 11) is 0. The van der Waals surface area contributed by atoms with E-state index >= 15 is 0 Å². The highest BCUT2D eigenvalue weighted by Crippen LogP contribution is 2.33. The molecule has 0 bridgehead atoms. The maximum atomic E-state index is 11.1. The molecule has 1 nitrogen and oxygen atoms in total. The number of hydrogen-bond donors (Lipinski definition) is 0. The summed E-state index contributed by atoms with van der Waals surface area (Å²) in [5, 5.41) is 0. The summed E-state index contributed by atoms with van der Waals surface area (Å²) in [6, 6.07) is 0. The van der Waals surface area contributed by atoms with Gasteiger partial charge in [0.15, 0.2) is 5.78 Å². The van der Waals surface area contributed by atoms with Crippen molar-refractivity contribution in [3.8, 4) is 0 Å². The van der Waals surface area contributed by atoms with Gasteiger partial charge in [-0.15, -0.1) is 0 Å². The fourth-order valence-corrected chi connectivity index (χ4v) is 2.10. The summed E-state index contributed by atoms with van der Waals surface area (Å²) in [4.78, 5) is 11.1. The molecular weight excluding hydrogens is 148 g/mol. The van der Waals surface area contributed by atoms with Crippen molar-refractivity contribution in [2.24, 2.45) is 11.8 Å². The van der Waals surface area contributed by atoms with E-state index in [0.29, 0.717) is 17.6 Å². The van der Waals surface area contributed by atoms with Gasteiger partial charge >= 0.3 is 0 Å². The van der Waals surface area contributed by atoms with Gasteiger partial charge in [-0.1, -0.05) is 19.1 Å². The first kappa shape index (κ1) is 7.78. The van der Waals surface area contributed by atoms with E-state index in [1.807, 2.05) is 6.08 Å². The Balaban J connectivity index is 2.26. The van der Waals surface area contributed by atoms with Crippen molar-refractivity contribution in [1.29, 1.82) is 0 Å². The molecule has 1 heteroatoms. The quantitative estimate of drug-likeness (QED) is 0.535. The van der Waals surface area contributed by atoms with Gasteiger partial charge in [0.25, 0.3) is 0 Å². The Morgan fingerprint density at radius 2 is 2.33 bits per heavy atom. The van der Waals surface area contributed by atoms with Crippen LogP contribution in [0.2, 0.25) is 0 Å². The molecule has 2 atom stereocenters. The highest BCUT2D eigenvalue weighted by molar-refractivity contribution is 5.91. The summed E-state index contributed by atoms with van der Waals surface area (Å²) < 4.78 is 0. The van der Waals surface area contributed by atoms with Crippen LogP contribution >= 0.6 is 0 Å². The number of ketones is 1. The Bertz CT molecular complexity index is 260. The summed E-state index contributed by atoms with van der Waals surface area (Å²) >= 11 is 0. The molecule has 2 unspecified atom stereocenters. The largest absolute Gasteiger partial charge is 0.295 e. The maximum Gasteiger partial charge on any atom is 0.155 e. The van der Waals surface area contributed by atoms with Crippen LogP contribution in [0.3, 0.4) is 0 Å². The smallest absolute Gasteiger partial charge is 0.155 e. The van der Waals surface area contributed by atoms with Gasteiger partial charge in [0.2, 0.25) is 0 Å². The molecule has 2 aliphatic rings. The van der Waals surface area contributed by atoms with E-state index < -0.39 is 0 Å². The average molecular weight is 162 g/mol. The van der Waals surface area contributed by atoms with Crippen LogP contribution in [0, 0.1) is 11.8 Å². The molecular formula is C11H14O. The predicted molar refractivity (Wildman–Crippen MR) is 48.7 cm³/mol.